The Morgan fingerprint density at radius 1 is 0.741 bits per heavy atom. The van der Waals surface area contributed by atoms with Crippen LogP contribution in [0.5, 0.6) is 11.8 Å². The van der Waals surface area contributed by atoms with Gasteiger partial charge < -0.3 is 48.5 Å². The Bertz CT molecular complexity index is 1640. The first-order valence-electron chi connectivity index (χ1n) is 17.9. The number of halogens is 2. The first-order chi connectivity index (χ1) is 26.3. The molecule has 0 bridgehead atoms. The van der Waals surface area contributed by atoms with Crippen LogP contribution in [0.4, 0.5) is 0 Å². The first kappa shape index (κ1) is 44.1. The number of hydrogen-bond donors (Lipinski definition) is 2. The minimum atomic E-state index is -3.75. The number of pyridine rings is 1. The standard InChI is InChI=1S/C37H52Cl2N4O10S/c1-43-27-33(32-25-30(38)26-35(39)34(32)28-43)29-4-2-5-31(24-29)54(44,45)41-9-11-47-13-15-49-17-19-51-21-23-53-37-7-3-6-36(42-37)52-22-20-50-18-16-48-14-12-46-10-8-40/h2-7,24-26,33,41H,8-23,27-28,40H2,1H3. The summed E-state index contributed by atoms with van der Waals surface area (Å²) >= 11 is 12.8. The van der Waals surface area contributed by atoms with Gasteiger partial charge in [-0.3, -0.25) is 0 Å². The van der Waals surface area contributed by atoms with Gasteiger partial charge in [-0.2, -0.15) is 4.98 Å². The predicted octanol–water partition coefficient (Wildman–Crippen LogP) is 3.76. The van der Waals surface area contributed by atoms with E-state index in [-0.39, 0.29) is 24.0 Å². The van der Waals surface area contributed by atoms with Gasteiger partial charge in [-0.15, -0.1) is 0 Å². The molecule has 3 aromatic rings. The molecule has 1 atom stereocenters. The number of rotatable bonds is 28. The number of nitrogens with zero attached hydrogens (tertiary/aromatic N) is 2. The van der Waals surface area contributed by atoms with Crippen molar-refractivity contribution >= 4 is 33.2 Å². The molecule has 0 amide bonds. The minimum absolute atomic E-state index is 0.0684. The number of fused-ring (bicyclic) bond motifs is 1. The monoisotopic (exact) mass is 814 g/mol. The van der Waals surface area contributed by atoms with Crippen molar-refractivity contribution in [3.8, 4) is 11.8 Å². The summed E-state index contributed by atoms with van der Waals surface area (Å²) < 4.78 is 72.8. The quantitative estimate of drug-likeness (QED) is 0.102. The van der Waals surface area contributed by atoms with Gasteiger partial charge in [-0.05, 0) is 48.0 Å². The highest BCUT2D eigenvalue weighted by Crippen LogP contribution is 2.38. The summed E-state index contributed by atoms with van der Waals surface area (Å²) in [6, 6.07) is 15.9. The number of hydrogen-bond acceptors (Lipinski definition) is 13. The molecule has 1 unspecified atom stereocenters. The summed E-state index contributed by atoms with van der Waals surface area (Å²) in [6.07, 6.45) is 0. The second-order valence-corrected chi connectivity index (χ2v) is 14.8. The summed E-state index contributed by atoms with van der Waals surface area (Å²) in [5.41, 5.74) is 8.25. The van der Waals surface area contributed by atoms with Gasteiger partial charge in [0.15, 0.2) is 0 Å². The lowest BCUT2D eigenvalue weighted by Crippen LogP contribution is -2.31. The van der Waals surface area contributed by atoms with Crippen molar-refractivity contribution in [2.75, 3.05) is 119 Å². The zero-order chi connectivity index (χ0) is 38.4. The molecule has 2 heterocycles. The van der Waals surface area contributed by atoms with Crippen molar-refractivity contribution in [2.45, 2.75) is 17.4 Å². The summed E-state index contributed by atoms with van der Waals surface area (Å²) in [5.74, 6) is 0.804. The molecule has 1 aromatic heterocycles. The number of benzene rings is 2. The maximum Gasteiger partial charge on any atom is 0.240 e. The van der Waals surface area contributed by atoms with Crippen molar-refractivity contribution in [3.05, 3.63) is 81.3 Å². The third-order valence-corrected chi connectivity index (χ3v) is 10.0. The van der Waals surface area contributed by atoms with Crippen molar-refractivity contribution in [1.82, 2.24) is 14.6 Å². The summed E-state index contributed by atoms with van der Waals surface area (Å²) in [7, 11) is -1.74. The highest BCUT2D eigenvalue weighted by molar-refractivity contribution is 7.89. The number of nitrogens with one attached hydrogen (secondary N) is 1. The van der Waals surface area contributed by atoms with E-state index >= 15 is 0 Å². The van der Waals surface area contributed by atoms with Crippen LogP contribution >= 0.6 is 23.2 Å². The Labute approximate surface area is 328 Å². The molecule has 1 aliphatic heterocycles. The third-order valence-electron chi connectivity index (χ3n) is 8.01. The molecular weight excluding hydrogens is 763 g/mol. The van der Waals surface area contributed by atoms with Gasteiger partial charge in [0, 0.05) is 54.3 Å². The highest BCUT2D eigenvalue weighted by atomic mass is 35.5. The maximum absolute atomic E-state index is 13.1. The average molecular weight is 816 g/mol. The predicted molar refractivity (Wildman–Crippen MR) is 205 cm³/mol. The summed E-state index contributed by atoms with van der Waals surface area (Å²) in [4.78, 5) is 6.67. The average Bonchev–Trinajstić information content (AvgIpc) is 3.16. The fraction of sp³-hybridized carbons (Fsp3) is 0.541. The lowest BCUT2D eigenvalue weighted by Gasteiger charge is -2.33. The van der Waals surface area contributed by atoms with E-state index in [1.807, 2.05) is 19.2 Å². The van der Waals surface area contributed by atoms with Crippen molar-refractivity contribution in [3.63, 3.8) is 0 Å². The van der Waals surface area contributed by atoms with Crippen LogP contribution in [0.25, 0.3) is 0 Å². The number of likely N-dealkylation sites (N-methyl/N-ethyl adjacent to an activating group) is 1. The van der Waals surface area contributed by atoms with Crippen molar-refractivity contribution in [1.29, 1.82) is 0 Å². The number of ether oxygens (including phenoxy) is 8. The number of aromatic nitrogens is 1. The smallest absolute Gasteiger partial charge is 0.240 e. The lowest BCUT2D eigenvalue weighted by atomic mass is 9.85. The summed E-state index contributed by atoms with van der Waals surface area (Å²) in [5, 5.41) is 1.17. The van der Waals surface area contributed by atoms with Crippen LogP contribution in [0, 0.1) is 0 Å². The zero-order valence-electron chi connectivity index (χ0n) is 30.7. The lowest BCUT2D eigenvalue weighted by molar-refractivity contribution is 0.00947. The normalized spacial score (nSPS) is 14.6. The topological polar surface area (TPSA) is 162 Å². The Hall–Kier alpha value is -2.64. The van der Waals surface area contributed by atoms with Gasteiger partial charge in [0.25, 0.3) is 0 Å². The Kier molecular flexibility index (Phi) is 20.2. The van der Waals surface area contributed by atoms with Crippen LogP contribution in [0.2, 0.25) is 10.0 Å². The van der Waals surface area contributed by atoms with Gasteiger partial charge in [-0.1, -0.05) is 41.4 Å². The fourth-order valence-corrected chi connectivity index (χ4v) is 7.13. The van der Waals surface area contributed by atoms with Crippen LogP contribution in [-0.2, 0) is 45.0 Å². The molecular formula is C37H52Cl2N4O10S. The molecule has 54 heavy (non-hydrogen) atoms. The Morgan fingerprint density at radius 3 is 1.87 bits per heavy atom. The molecule has 0 spiro atoms. The molecule has 0 aliphatic carbocycles. The Morgan fingerprint density at radius 2 is 1.28 bits per heavy atom. The van der Waals surface area contributed by atoms with Gasteiger partial charge in [-0.25, -0.2) is 13.1 Å². The van der Waals surface area contributed by atoms with Crippen LogP contribution in [0.1, 0.15) is 22.6 Å². The van der Waals surface area contributed by atoms with Gasteiger partial charge in [0.05, 0.1) is 84.2 Å². The molecule has 3 N–H and O–H groups in total. The number of nitrogens with two attached hydrogens (primary N) is 1. The third kappa shape index (κ3) is 15.8. The molecule has 0 fully saturated rings. The van der Waals surface area contributed by atoms with Gasteiger partial charge >= 0.3 is 0 Å². The van der Waals surface area contributed by atoms with Crippen LogP contribution in [0.3, 0.4) is 0 Å². The van der Waals surface area contributed by atoms with Gasteiger partial charge in [0.2, 0.25) is 21.8 Å². The SMILES string of the molecule is CN1Cc2c(Cl)cc(Cl)cc2C(c2cccc(S(=O)(=O)NCCOCCOCCOCCOc3cccc(OCCOCCOCCOCCN)n3)c2)C1. The zero-order valence-corrected chi connectivity index (χ0v) is 33.0. The van der Waals surface area contributed by atoms with Crippen molar-refractivity contribution < 1.29 is 46.3 Å². The van der Waals surface area contributed by atoms with Crippen LogP contribution in [-0.4, -0.2) is 137 Å². The van der Waals surface area contributed by atoms with E-state index in [4.69, 9.17) is 66.8 Å². The molecule has 2 aromatic carbocycles. The molecule has 1 aliphatic rings. The minimum Gasteiger partial charge on any atom is -0.475 e. The second kappa shape index (κ2) is 24.8. The van der Waals surface area contributed by atoms with Crippen LogP contribution in [0.15, 0.2) is 59.5 Å². The fourth-order valence-electron chi connectivity index (χ4n) is 5.49. The molecule has 17 heteroatoms. The largest absolute Gasteiger partial charge is 0.475 e. The van der Waals surface area contributed by atoms with E-state index in [2.05, 4.69) is 14.6 Å². The molecule has 0 saturated heterocycles. The second-order valence-electron chi connectivity index (χ2n) is 12.1. The maximum atomic E-state index is 13.1. The molecule has 0 saturated carbocycles. The van der Waals surface area contributed by atoms with E-state index in [0.29, 0.717) is 127 Å². The van der Waals surface area contributed by atoms with E-state index in [9.17, 15) is 8.42 Å². The van der Waals surface area contributed by atoms with E-state index in [1.165, 1.54) is 0 Å². The van der Waals surface area contributed by atoms with E-state index < -0.39 is 10.0 Å². The molecule has 0 radical (unpaired) electrons. The number of sulfonamides is 1. The van der Waals surface area contributed by atoms with E-state index in [1.54, 1.807) is 42.5 Å². The van der Waals surface area contributed by atoms with Crippen molar-refractivity contribution in [2.24, 2.45) is 5.73 Å². The van der Waals surface area contributed by atoms with Crippen LogP contribution < -0.4 is 19.9 Å². The summed E-state index contributed by atoms with van der Waals surface area (Å²) in [6.45, 7) is 7.58. The van der Waals surface area contributed by atoms with E-state index in [0.717, 1.165) is 16.7 Å². The Balaban J connectivity index is 1.000. The highest BCUT2D eigenvalue weighted by Gasteiger charge is 2.28. The first-order valence-corrected chi connectivity index (χ1v) is 20.2. The molecule has 300 valence electrons. The van der Waals surface area contributed by atoms with Gasteiger partial charge in [0.1, 0.15) is 13.2 Å². The molecule has 4 rings (SSSR count). The molecule has 14 nitrogen and oxygen atoms in total.